The van der Waals surface area contributed by atoms with Crippen molar-refractivity contribution in [2.24, 2.45) is 0 Å². The van der Waals surface area contributed by atoms with Crippen LogP contribution >= 0.6 is 0 Å². The van der Waals surface area contributed by atoms with Crippen LogP contribution in [0.4, 0.5) is 4.79 Å². The second-order valence-electron chi connectivity index (χ2n) is 4.38. The van der Waals surface area contributed by atoms with Gasteiger partial charge in [0.15, 0.2) is 0 Å². The lowest BCUT2D eigenvalue weighted by Gasteiger charge is -2.08. The summed E-state index contributed by atoms with van der Waals surface area (Å²) in [5, 5.41) is 15.5. The van der Waals surface area contributed by atoms with Crippen molar-refractivity contribution in [3.05, 3.63) is 35.4 Å². The standard InChI is InChI=1S/C14H19N3O4/c1-2-10-3-5-11(6-4-10)7-16-14(21)17-8-12(18)15-9-13(19)20/h3-6H,2,7-9H2,1H3,(H,15,18)(H,19,20)(H2,16,17,21). The number of carbonyl (C=O) groups excluding carboxylic acids is 2. The predicted molar refractivity (Wildman–Crippen MR) is 76.7 cm³/mol. The molecule has 7 nitrogen and oxygen atoms in total. The SMILES string of the molecule is CCc1ccc(CNC(=O)NCC(=O)NCC(=O)O)cc1. The summed E-state index contributed by atoms with van der Waals surface area (Å²) >= 11 is 0. The normalized spacial score (nSPS) is 9.76. The first-order valence-corrected chi connectivity index (χ1v) is 6.59. The van der Waals surface area contributed by atoms with Gasteiger partial charge in [0.05, 0.1) is 6.54 Å². The summed E-state index contributed by atoms with van der Waals surface area (Å²) < 4.78 is 0. The molecule has 0 radical (unpaired) electrons. The highest BCUT2D eigenvalue weighted by atomic mass is 16.4. The summed E-state index contributed by atoms with van der Waals surface area (Å²) in [4.78, 5) is 32.9. The van der Waals surface area contributed by atoms with Crippen LogP contribution in [0.5, 0.6) is 0 Å². The second-order valence-corrected chi connectivity index (χ2v) is 4.38. The Hall–Kier alpha value is -2.57. The molecule has 0 fully saturated rings. The fourth-order valence-electron chi connectivity index (χ4n) is 1.53. The van der Waals surface area contributed by atoms with Gasteiger partial charge in [-0.25, -0.2) is 4.79 Å². The number of aliphatic carboxylic acids is 1. The van der Waals surface area contributed by atoms with Gasteiger partial charge in [-0.3, -0.25) is 9.59 Å². The molecule has 1 aromatic rings. The lowest BCUT2D eigenvalue weighted by atomic mass is 10.1. The molecule has 0 heterocycles. The zero-order valence-electron chi connectivity index (χ0n) is 11.8. The Kier molecular flexibility index (Phi) is 6.73. The summed E-state index contributed by atoms with van der Waals surface area (Å²) in [6, 6.07) is 7.36. The average Bonchev–Trinajstić information content (AvgIpc) is 2.49. The van der Waals surface area contributed by atoms with E-state index in [-0.39, 0.29) is 6.54 Å². The maximum absolute atomic E-state index is 11.5. The van der Waals surface area contributed by atoms with Gasteiger partial charge >= 0.3 is 12.0 Å². The van der Waals surface area contributed by atoms with Crippen molar-refractivity contribution in [3.8, 4) is 0 Å². The average molecular weight is 293 g/mol. The summed E-state index contributed by atoms with van der Waals surface area (Å²) in [6.45, 7) is 1.68. The quantitative estimate of drug-likeness (QED) is 0.578. The lowest BCUT2D eigenvalue weighted by Crippen LogP contribution is -2.42. The molecule has 0 spiro atoms. The van der Waals surface area contributed by atoms with E-state index in [9.17, 15) is 14.4 Å². The molecule has 0 unspecified atom stereocenters. The summed E-state index contributed by atoms with van der Waals surface area (Å²) in [5.41, 5.74) is 2.18. The fraction of sp³-hybridized carbons (Fsp3) is 0.357. The summed E-state index contributed by atoms with van der Waals surface area (Å²) in [7, 11) is 0. The third kappa shape index (κ3) is 6.95. The second kappa shape index (κ2) is 8.57. The van der Waals surface area contributed by atoms with Crippen molar-refractivity contribution in [1.82, 2.24) is 16.0 Å². The molecule has 3 amide bonds. The Morgan fingerprint density at radius 3 is 2.14 bits per heavy atom. The molecule has 0 saturated carbocycles. The predicted octanol–water partition coefficient (Wildman–Crippen LogP) is 0.249. The van der Waals surface area contributed by atoms with E-state index < -0.39 is 24.5 Å². The summed E-state index contributed by atoms with van der Waals surface area (Å²) in [5.74, 6) is -1.69. The largest absolute Gasteiger partial charge is 0.480 e. The molecule has 0 bridgehead atoms. The summed E-state index contributed by atoms with van der Waals surface area (Å²) in [6.07, 6.45) is 0.958. The molecule has 7 heteroatoms. The van der Waals surface area contributed by atoms with E-state index in [2.05, 4.69) is 22.9 Å². The lowest BCUT2D eigenvalue weighted by molar-refractivity contribution is -0.137. The number of hydrogen-bond acceptors (Lipinski definition) is 3. The fourth-order valence-corrected chi connectivity index (χ4v) is 1.53. The van der Waals surface area contributed by atoms with Gasteiger partial charge in [0.1, 0.15) is 6.54 Å². The molecular weight excluding hydrogens is 274 g/mol. The van der Waals surface area contributed by atoms with Gasteiger partial charge < -0.3 is 21.1 Å². The minimum atomic E-state index is -1.14. The van der Waals surface area contributed by atoms with Gasteiger partial charge in [-0.15, -0.1) is 0 Å². The van der Waals surface area contributed by atoms with Gasteiger partial charge in [-0.05, 0) is 17.5 Å². The number of carbonyl (C=O) groups is 3. The molecule has 0 aromatic heterocycles. The van der Waals surface area contributed by atoms with Crippen LogP contribution in [0.3, 0.4) is 0 Å². The third-order valence-electron chi connectivity index (χ3n) is 2.73. The Morgan fingerprint density at radius 1 is 0.952 bits per heavy atom. The van der Waals surface area contributed by atoms with Crippen LogP contribution in [0.15, 0.2) is 24.3 Å². The Morgan fingerprint density at radius 2 is 1.57 bits per heavy atom. The number of nitrogens with one attached hydrogen (secondary N) is 3. The number of amides is 3. The van der Waals surface area contributed by atoms with E-state index in [0.29, 0.717) is 6.54 Å². The van der Waals surface area contributed by atoms with E-state index >= 15 is 0 Å². The molecule has 0 atom stereocenters. The topological polar surface area (TPSA) is 108 Å². The number of carboxylic acid groups (broad SMARTS) is 1. The number of urea groups is 1. The Balaban J connectivity index is 2.24. The first-order chi connectivity index (χ1) is 10.0. The zero-order chi connectivity index (χ0) is 15.7. The maximum atomic E-state index is 11.5. The highest BCUT2D eigenvalue weighted by Gasteiger charge is 2.06. The Bertz CT molecular complexity index is 499. The van der Waals surface area contributed by atoms with Crippen molar-refractivity contribution in [3.63, 3.8) is 0 Å². The van der Waals surface area contributed by atoms with E-state index in [0.717, 1.165) is 12.0 Å². The van der Waals surface area contributed by atoms with Crippen molar-refractivity contribution < 1.29 is 19.5 Å². The van der Waals surface area contributed by atoms with Gasteiger partial charge in [-0.2, -0.15) is 0 Å². The van der Waals surface area contributed by atoms with Gasteiger partial charge in [0.25, 0.3) is 0 Å². The van der Waals surface area contributed by atoms with Crippen LogP contribution < -0.4 is 16.0 Å². The minimum absolute atomic E-state index is 0.270. The van der Waals surface area contributed by atoms with Crippen molar-refractivity contribution in [2.75, 3.05) is 13.1 Å². The van der Waals surface area contributed by atoms with Gasteiger partial charge in [-0.1, -0.05) is 31.2 Å². The van der Waals surface area contributed by atoms with Crippen molar-refractivity contribution in [2.45, 2.75) is 19.9 Å². The van der Waals surface area contributed by atoms with Crippen LogP contribution in [0, 0.1) is 0 Å². The van der Waals surface area contributed by atoms with E-state index in [1.807, 2.05) is 24.3 Å². The highest BCUT2D eigenvalue weighted by molar-refractivity contribution is 5.86. The Labute approximate surface area is 122 Å². The first kappa shape index (κ1) is 16.5. The molecule has 1 rings (SSSR count). The molecule has 0 aliphatic carbocycles. The molecule has 1 aromatic carbocycles. The van der Waals surface area contributed by atoms with Crippen LogP contribution in [0.1, 0.15) is 18.1 Å². The van der Waals surface area contributed by atoms with Crippen molar-refractivity contribution >= 4 is 17.9 Å². The number of hydrogen-bond donors (Lipinski definition) is 4. The van der Waals surface area contributed by atoms with Crippen molar-refractivity contribution in [1.29, 1.82) is 0 Å². The van der Waals surface area contributed by atoms with Gasteiger partial charge in [0, 0.05) is 6.54 Å². The molecule has 0 aliphatic rings. The maximum Gasteiger partial charge on any atom is 0.322 e. The first-order valence-electron chi connectivity index (χ1n) is 6.59. The number of benzene rings is 1. The number of aryl methyl sites for hydroxylation is 1. The monoisotopic (exact) mass is 293 g/mol. The number of rotatable bonds is 7. The van der Waals surface area contributed by atoms with E-state index in [1.54, 1.807) is 0 Å². The molecule has 0 saturated heterocycles. The van der Waals surface area contributed by atoms with E-state index in [1.165, 1.54) is 5.56 Å². The molecule has 0 aliphatic heterocycles. The molecular formula is C14H19N3O4. The third-order valence-corrected chi connectivity index (χ3v) is 2.73. The molecule has 21 heavy (non-hydrogen) atoms. The van der Waals surface area contributed by atoms with Crippen LogP contribution in [0.2, 0.25) is 0 Å². The van der Waals surface area contributed by atoms with Gasteiger partial charge in [0.2, 0.25) is 5.91 Å². The molecule has 4 N–H and O–H groups in total. The van der Waals surface area contributed by atoms with Crippen LogP contribution in [0.25, 0.3) is 0 Å². The number of carboxylic acids is 1. The zero-order valence-corrected chi connectivity index (χ0v) is 11.8. The highest BCUT2D eigenvalue weighted by Crippen LogP contribution is 2.04. The van der Waals surface area contributed by atoms with Crippen LogP contribution in [-0.4, -0.2) is 36.1 Å². The minimum Gasteiger partial charge on any atom is -0.480 e. The van der Waals surface area contributed by atoms with E-state index in [4.69, 9.17) is 5.11 Å². The smallest absolute Gasteiger partial charge is 0.322 e. The van der Waals surface area contributed by atoms with Crippen LogP contribution in [-0.2, 0) is 22.6 Å². The molecule has 114 valence electrons.